The van der Waals surface area contributed by atoms with E-state index < -0.39 is 28.3 Å². The summed E-state index contributed by atoms with van der Waals surface area (Å²) < 4.78 is 33.4. The van der Waals surface area contributed by atoms with Crippen molar-refractivity contribution in [3.05, 3.63) is 12.4 Å². The number of β-lactam (4-membered cyclic amide) rings is 1. The summed E-state index contributed by atoms with van der Waals surface area (Å²) >= 11 is 1.25. The quantitative estimate of drug-likeness (QED) is 0.428. The van der Waals surface area contributed by atoms with Crippen LogP contribution < -0.4 is 0 Å². The van der Waals surface area contributed by atoms with E-state index in [9.17, 15) is 18.0 Å². The van der Waals surface area contributed by atoms with Gasteiger partial charge in [-0.1, -0.05) is 11.8 Å². The minimum absolute atomic E-state index is 0.118. The van der Waals surface area contributed by atoms with E-state index in [1.807, 2.05) is 7.05 Å². The molecular formula is C11H14N4O5S2. The molecule has 3 heterocycles. The molecule has 1 aromatic heterocycles. The maximum absolute atomic E-state index is 12.2. The van der Waals surface area contributed by atoms with Crippen LogP contribution in [0, 0.1) is 0 Å². The molecule has 22 heavy (non-hydrogen) atoms. The number of carbonyl (C=O) groups excluding carboxylic acids is 2. The molecule has 0 aromatic carbocycles. The number of likely N-dealkylation sites (tertiary alicyclic amines) is 1. The Balaban J connectivity index is 1.64. The van der Waals surface area contributed by atoms with Gasteiger partial charge >= 0.3 is 10.3 Å². The molecular weight excluding hydrogens is 332 g/mol. The standard InChI is InChI=1S/C11H14N4O5S2/c1-13-5-3-12-11(13)21-6-8(16)14-4-2-7-9(14)10(17)15(7)22(18,19)20/h3,5,7,9H,2,4,6H2,1H3,(H,18,19,20)/t7-,9+/m1/s1. The number of amides is 2. The van der Waals surface area contributed by atoms with Gasteiger partial charge in [-0.2, -0.15) is 8.42 Å². The molecule has 9 nitrogen and oxygen atoms in total. The highest BCUT2D eigenvalue weighted by atomic mass is 32.2. The number of thioether (sulfide) groups is 1. The van der Waals surface area contributed by atoms with Crippen molar-refractivity contribution in [1.29, 1.82) is 0 Å². The fraction of sp³-hybridized carbons (Fsp3) is 0.545. The van der Waals surface area contributed by atoms with Crippen LogP contribution in [0.5, 0.6) is 0 Å². The number of hydrogen-bond donors (Lipinski definition) is 1. The zero-order chi connectivity index (χ0) is 16.1. The lowest BCUT2D eigenvalue weighted by molar-refractivity contribution is -0.150. The lowest BCUT2D eigenvalue weighted by Crippen LogP contribution is -2.68. The van der Waals surface area contributed by atoms with Gasteiger partial charge in [0.1, 0.15) is 6.04 Å². The molecule has 0 unspecified atom stereocenters. The second-order valence-electron chi connectivity index (χ2n) is 5.11. The molecule has 2 saturated heterocycles. The number of imidazole rings is 1. The highest BCUT2D eigenvalue weighted by Gasteiger charge is 2.59. The molecule has 2 amide bonds. The van der Waals surface area contributed by atoms with Crippen molar-refractivity contribution in [2.75, 3.05) is 12.3 Å². The minimum Gasteiger partial charge on any atom is -0.329 e. The van der Waals surface area contributed by atoms with E-state index in [0.29, 0.717) is 22.4 Å². The molecule has 1 aromatic rings. The molecule has 2 aliphatic rings. The van der Waals surface area contributed by atoms with E-state index >= 15 is 0 Å². The second-order valence-corrected chi connectivity index (χ2v) is 7.34. The zero-order valence-electron chi connectivity index (χ0n) is 11.6. The normalized spacial score (nSPS) is 24.4. The van der Waals surface area contributed by atoms with Gasteiger partial charge in [0.2, 0.25) is 5.91 Å². The molecule has 0 aliphatic carbocycles. The average molecular weight is 346 g/mol. The summed E-state index contributed by atoms with van der Waals surface area (Å²) in [5, 5.41) is 0.684. The number of carbonyl (C=O) groups is 2. The third-order valence-electron chi connectivity index (χ3n) is 3.81. The van der Waals surface area contributed by atoms with Crippen molar-refractivity contribution in [2.24, 2.45) is 7.05 Å². The minimum atomic E-state index is -4.54. The van der Waals surface area contributed by atoms with Gasteiger partial charge in [0, 0.05) is 26.0 Å². The van der Waals surface area contributed by atoms with E-state index in [4.69, 9.17) is 4.55 Å². The number of nitrogens with zero attached hydrogens (tertiary/aromatic N) is 4. The van der Waals surface area contributed by atoms with Gasteiger partial charge in [-0.05, 0) is 6.42 Å². The molecule has 11 heteroatoms. The number of fused-ring (bicyclic) bond motifs is 1. The van der Waals surface area contributed by atoms with Gasteiger partial charge < -0.3 is 9.47 Å². The first-order chi connectivity index (χ1) is 10.3. The highest BCUT2D eigenvalue weighted by Crippen LogP contribution is 2.36. The Morgan fingerprint density at radius 3 is 2.86 bits per heavy atom. The van der Waals surface area contributed by atoms with Crippen LogP contribution in [0.1, 0.15) is 6.42 Å². The molecule has 0 spiro atoms. The summed E-state index contributed by atoms with van der Waals surface area (Å²) in [6.45, 7) is 0.299. The van der Waals surface area contributed by atoms with Crippen molar-refractivity contribution in [3.63, 3.8) is 0 Å². The molecule has 120 valence electrons. The van der Waals surface area contributed by atoms with E-state index in [2.05, 4.69) is 4.98 Å². The first kappa shape index (κ1) is 15.3. The maximum Gasteiger partial charge on any atom is 0.362 e. The van der Waals surface area contributed by atoms with Gasteiger partial charge in [0.15, 0.2) is 5.16 Å². The summed E-state index contributed by atoms with van der Waals surface area (Å²) in [6, 6.07) is -1.43. The van der Waals surface area contributed by atoms with E-state index in [-0.39, 0.29) is 11.7 Å². The van der Waals surface area contributed by atoms with Crippen molar-refractivity contribution < 1.29 is 22.6 Å². The summed E-state index contributed by atoms with van der Waals surface area (Å²) in [4.78, 5) is 29.6. The molecule has 0 bridgehead atoms. The second kappa shape index (κ2) is 5.25. The zero-order valence-corrected chi connectivity index (χ0v) is 13.2. The Hall–Kier alpha value is -1.59. The number of hydrogen-bond acceptors (Lipinski definition) is 6. The van der Waals surface area contributed by atoms with Crippen LogP contribution in [0.4, 0.5) is 0 Å². The fourth-order valence-electron chi connectivity index (χ4n) is 2.80. The van der Waals surface area contributed by atoms with Crippen molar-refractivity contribution in [2.45, 2.75) is 23.7 Å². The summed E-state index contributed by atoms with van der Waals surface area (Å²) in [5.41, 5.74) is 0. The lowest BCUT2D eigenvalue weighted by atomic mass is 10.0. The predicted octanol–water partition coefficient (Wildman–Crippen LogP) is -0.873. The van der Waals surface area contributed by atoms with E-state index in [1.54, 1.807) is 17.0 Å². The lowest BCUT2D eigenvalue weighted by Gasteiger charge is -2.42. The predicted molar refractivity (Wildman–Crippen MR) is 76.2 cm³/mol. The van der Waals surface area contributed by atoms with Crippen LogP contribution in [0.2, 0.25) is 0 Å². The summed E-state index contributed by atoms with van der Waals surface area (Å²) in [5.74, 6) is -0.878. The Labute approximate surface area is 131 Å². The van der Waals surface area contributed by atoms with E-state index in [0.717, 1.165) is 0 Å². The highest BCUT2D eigenvalue weighted by molar-refractivity contribution is 7.99. The molecule has 2 fully saturated rings. The Bertz CT molecular complexity index is 731. The van der Waals surface area contributed by atoms with Gasteiger partial charge in [0.05, 0.1) is 11.8 Å². The number of rotatable bonds is 4. The SMILES string of the molecule is Cn1ccnc1SCC(=O)N1CC[C@@H]2[C@H]1C(=O)N2S(=O)(=O)O. The molecule has 0 saturated carbocycles. The molecule has 2 atom stereocenters. The number of aryl methyl sites for hydroxylation is 1. The van der Waals surface area contributed by atoms with Crippen LogP contribution in [-0.4, -0.2) is 67.9 Å². The van der Waals surface area contributed by atoms with Crippen LogP contribution in [-0.2, 0) is 26.9 Å². The fourth-order valence-corrected chi connectivity index (χ4v) is 4.51. The first-order valence-electron chi connectivity index (χ1n) is 6.51. The average Bonchev–Trinajstić information content (AvgIpc) is 2.98. The summed E-state index contributed by atoms with van der Waals surface area (Å²) in [7, 11) is -2.73. The van der Waals surface area contributed by atoms with Crippen LogP contribution in [0.25, 0.3) is 0 Å². The Kier molecular flexibility index (Phi) is 3.65. The van der Waals surface area contributed by atoms with Crippen LogP contribution >= 0.6 is 11.8 Å². The third-order valence-corrected chi connectivity index (χ3v) is 5.80. The Morgan fingerprint density at radius 2 is 2.27 bits per heavy atom. The van der Waals surface area contributed by atoms with Gasteiger partial charge in [-0.3, -0.25) is 14.1 Å². The monoisotopic (exact) mass is 346 g/mol. The largest absolute Gasteiger partial charge is 0.362 e. The molecule has 0 radical (unpaired) electrons. The molecule has 1 N–H and O–H groups in total. The van der Waals surface area contributed by atoms with E-state index in [1.165, 1.54) is 16.7 Å². The first-order valence-corrected chi connectivity index (χ1v) is 8.89. The maximum atomic E-state index is 12.2. The topological polar surface area (TPSA) is 113 Å². The summed E-state index contributed by atoms with van der Waals surface area (Å²) in [6.07, 6.45) is 3.73. The third kappa shape index (κ3) is 2.38. The molecule has 2 aliphatic heterocycles. The van der Waals surface area contributed by atoms with Gasteiger partial charge in [-0.25, -0.2) is 9.29 Å². The Morgan fingerprint density at radius 1 is 1.55 bits per heavy atom. The van der Waals surface area contributed by atoms with Gasteiger partial charge in [0.25, 0.3) is 5.91 Å². The van der Waals surface area contributed by atoms with Crippen molar-refractivity contribution >= 4 is 33.9 Å². The number of aromatic nitrogens is 2. The van der Waals surface area contributed by atoms with Crippen LogP contribution in [0.3, 0.4) is 0 Å². The van der Waals surface area contributed by atoms with Crippen molar-refractivity contribution in [3.8, 4) is 0 Å². The smallest absolute Gasteiger partial charge is 0.329 e. The van der Waals surface area contributed by atoms with Crippen molar-refractivity contribution in [1.82, 2.24) is 18.8 Å². The van der Waals surface area contributed by atoms with Crippen LogP contribution in [0.15, 0.2) is 17.6 Å². The van der Waals surface area contributed by atoms with Gasteiger partial charge in [-0.15, -0.1) is 0 Å². The molecule has 3 rings (SSSR count).